The van der Waals surface area contributed by atoms with Gasteiger partial charge in [0.15, 0.2) is 5.82 Å². The van der Waals surface area contributed by atoms with Crippen LogP contribution in [0, 0.1) is 0 Å². The molecule has 0 aliphatic carbocycles. The van der Waals surface area contributed by atoms with Crippen LogP contribution in [-0.4, -0.2) is 31.1 Å². The number of hydrogen-bond acceptors (Lipinski definition) is 7. The number of carbonyl (C=O) groups excluding carboxylic acids is 1. The van der Waals surface area contributed by atoms with Gasteiger partial charge in [0.25, 0.3) is 5.91 Å². The Morgan fingerprint density at radius 2 is 1.75 bits per heavy atom. The maximum Gasteiger partial charge on any atom is 0.255 e. The van der Waals surface area contributed by atoms with Crippen molar-refractivity contribution in [2.24, 2.45) is 0 Å². The number of ether oxygens (including phenoxy) is 1. The summed E-state index contributed by atoms with van der Waals surface area (Å²) in [5, 5.41) is 13.2. The molecule has 0 radical (unpaired) electrons. The van der Waals surface area contributed by atoms with Gasteiger partial charge >= 0.3 is 0 Å². The third-order valence-corrected chi connectivity index (χ3v) is 5.88. The van der Waals surface area contributed by atoms with E-state index in [2.05, 4.69) is 25.8 Å². The van der Waals surface area contributed by atoms with E-state index in [1.807, 2.05) is 54.7 Å². The van der Waals surface area contributed by atoms with Gasteiger partial charge in [-0.3, -0.25) is 14.9 Å². The minimum Gasteiger partial charge on any atom is -0.370 e. The van der Waals surface area contributed by atoms with Crippen LogP contribution in [0.4, 0.5) is 17.2 Å². The number of hydrogen-bond donors (Lipinski definition) is 3. The molecule has 0 bridgehead atoms. The number of benzene rings is 2. The molecule has 176 valence electrons. The number of anilines is 3. The molecule has 5 aromatic rings. The van der Waals surface area contributed by atoms with Crippen molar-refractivity contribution in [1.29, 1.82) is 0 Å². The molecule has 0 saturated carbocycles. The molecule has 1 aliphatic rings. The molecule has 1 aliphatic heterocycles. The van der Waals surface area contributed by atoms with E-state index in [4.69, 9.17) is 14.7 Å². The number of rotatable bonds is 6. The Labute approximate surface area is 206 Å². The van der Waals surface area contributed by atoms with Gasteiger partial charge in [-0.15, -0.1) is 0 Å². The standard InChI is InChI=1S/C27H21N7O2/c35-27(18-8-10-28-11-9-18)32-22-3-1-2-19(12-22)25-33-24-16-36-15-23(24)26(34-25)31-21-6-4-17(5-7-21)20-13-29-30-14-20/h1-14H,15-16H2,(H,29,30)(H,32,35)(H,31,33,34). The zero-order chi connectivity index (χ0) is 24.3. The first-order valence-corrected chi connectivity index (χ1v) is 11.4. The molecule has 36 heavy (non-hydrogen) atoms. The van der Waals surface area contributed by atoms with Crippen LogP contribution in [0.25, 0.3) is 22.5 Å². The van der Waals surface area contributed by atoms with Crippen LogP contribution in [-0.2, 0) is 18.0 Å². The van der Waals surface area contributed by atoms with E-state index in [9.17, 15) is 4.79 Å². The van der Waals surface area contributed by atoms with Crippen molar-refractivity contribution >= 4 is 23.1 Å². The first-order chi connectivity index (χ1) is 17.7. The molecular formula is C27H21N7O2. The Kier molecular flexibility index (Phi) is 5.65. The second-order valence-corrected chi connectivity index (χ2v) is 8.27. The fourth-order valence-corrected chi connectivity index (χ4v) is 4.02. The molecule has 0 saturated heterocycles. The molecule has 1 amide bonds. The van der Waals surface area contributed by atoms with Crippen molar-refractivity contribution in [3.05, 3.63) is 102 Å². The van der Waals surface area contributed by atoms with Crippen LogP contribution in [0.15, 0.2) is 85.5 Å². The highest BCUT2D eigenvalue weighted by molar-refractivity contribution is 6.04. The summed E-state index contributed by atoms with van der Waals surface area (Å²) >= 11 is 0. The van der Waals surface area contributed by atoms with Crippen LogP contribution in [0.1, 0.15) is 21.6 Å². The summed E-state index contributed by atoms with van der Waals surface area (Å²) in [5.74, 6) is 1.05. The molecule has 2 aromatic carbocycles. The maximum atomic E-state index is 12.6. The van der Waals surface area contributed by atoms with E-state index in [0.717, 1.165) is 33.6 Å². The lowest BCUT2D eigenvalue weighted by atomic mass is 10.1. The van der Waals surface area contributed by atoms with Gasteiger partial charge < -0.3 is 15.4 Å². The average molecular weight is 476 g/mol. The van der Waals surface area contributed by atoms with E-state index in [1.165, 1.54) is 0 Å². The van der Waals surface area contributed by atoms with Gasteiger partial charge in [0.2, 0.25) is 0 Å². The van der Waals surface area contributed by atoms with Crippen molar-refractivity contribution in [3.8, 4) is 22.5 Å². The van der Waals surface area contributed by atoms with Crippen molar-refractivity contribution in [1.82, 2.24) is 25.1 Å². The highest BCUT2D eigenvalue weighted by Crippen LogP contribution is 2.31. The molecule has 0 spiro atoms. The van der Waals surface area contributed by atoms with Gasteiger partial charge in [0, 0.05) is 52.2 Å². The second-order valence-electron chi connectivity index (χ2n) is 8.27. The van der Waals surface area contributed by atoms with Crippen LogP contribution in [0.2, 0.25) is 0 Å². The molecule has 3 N–H and O–H groups in total. The smallest absolute Gasteiger partial charge is 0.255 e. The SMILES string of the molecule is O=C(Nc1cccc(-c2nc3c(c(Nc4ccc(-c5cn[nH]c5)cc4)n2)COC3)c1)c1ccncc1. The molecule has 4 heterocycles. The first kappa shape index (κ1) is 21.6. The van der Waals surface area contributed by atoms with E-state index in [1.54, 1.807) is 30.7 Å². The fourth-order valence-electron chi connectivity index (χ4n) is 4.02. The molecule has 9 heteroatoms. The lowest BCUT2D eigenvalue weighted by Gasteiger charge is -2.13. The summed E-state index contributed by atoms with van der Waals surface area (Å²) in [6, 6.07) is 18.9. The predicted octanol–water partition coefficient (Wildman–Crippen LogP) is 4.95. The van der Waals surface area contributed by atoms with Gasteiger partial charge in [-0.2, -0.15) is 5.10 Å². The number of nitrogens with zero attached hydrogens (tertiary/aromatic N) is 4. The zero-order valence-corrected chi connectivity index (χ0v) is 19.1. The molecule has 6 rings (SSSR count). The molecule has 0 unspecified atom stereocenters. The summed E-state index contributed by atoms with van der Waals surface area (Å²) < 4.78 is 5.66. The Hall–Kier alpha value is -4.89. The number of amides is 1. The molecule has 9 nitrogen and oxygen atoms in total. The second kappa shape index (κ2) is 9.40. The Morgan fingerprint density at radius 3 is 2.56 bits per heavy atom. The van der Waals surface area contributed by atoms with Gasteiger partial charge in [0.05, 0.1) is 25.1 Å². The minimum atomic E-state index is -0.209. The Balaban J connectivity index is 1.28. The number of carbonyl (C=O) groups is 1. The normalized spacial score (nSPS) is 12.2. The minimum absolute atomic E-state index is 0.209. The highest BCUT2D eigenvalue weighted by Gasteiger charge is 2.21. The largest absolute Gasteiger partial charge is 0.370 e. The van der Waals surface area contributed by atoms with Gasteiger partial charge in [-0.1, -0.05) is 24.3 Å². The topological polar surface area (TPSA) is 118 Å². The Bertz CT molecular complexity index is 1520. The predicted molar refractivity (Wildman–Crippen MR) is 135 cm³/mol. The van der Waals surface area contributed by atoms with E-state index in [0.29, 0.717) is 36.1 Å². The number of H-pyrrole nitrogens is 1. The molecular weight excluding hydrogens is 454 g/mol. The lowest BCUT2D eigenvalue weighted by molar-refractivity contribution is 0.102. The van der Waals surface area contributed by atoms with Gasteiger partial charge in [-0.25, -0.2) is 9.97 Å². The number of fused-ring (bicyclic) bond motifs is 1. The van der Waals surface area contributed by atoms with Crippen LogP contribution < -0.4 is 10.6 Å². The number of nitrogens with one attached hydrogen (secondary N) is 3. The van der Waals surface area contributed by atoms with Crippen molar-refractivity contribution in [2.75, 3.05) is 10.6 Å². The summed E-state index contributed by atoms with van der Waals surface area (Å²) in [7, 11) is 0. The van der Waals surface area contributed by atoms with Crippen molar-refractivity contribution in [3.63, 3.8) is 0 Å². The van der Waals surface area contributed by atoms with E-state index < -0.39 is 0 Å². The van der Waals surface area contributed by atoms with Crippen molar-refractivity contribution in [2.45, 2.75) is 13.2 Å². The number of aromatic amines is 1. The van der Waals surface area contributed by atoms with E-state index >= 15 is 0 Å². The van der Waals surface area contributed by atoms with E-state index in [-0.39, 0.29) is 5.91 Å². The number of pyridine rings is 1. The first-order valence-electron chi connectivity index (χ1n) is 11.4. The van der Waals surface area contributed by atoms with Crippen molar-refractivity contribution < 1.29 is 9.53 Å². The quantitative estimate of drug-likeness (QED) is 0.318. The Morgan fingerprint density at radius 1 is 0.889 bits per heavy atom. The third-order valence-electron chi connectivity index (χ3n) is 5.88. The van der Waals surface area contributed by atoms with Crippen LogP contribution in [0.3, 0.4) is 0 Å². The molecule has 0 fully saturated rings. The van der Waals surface area contributed by atoms with Gasteiger partial charge in [0.1, 0.15) is 5.82 Å². The summed E-state index contributed by atoms with van der Waals surface area (Å²) in [6.45, 7) is 0.879. The highest BCUT2D eigenvalue weighted by atomic mass is 16.5. The lowest BCUT2D eigenvalue weighted by Crippen LogP contribution is -2.11. The van der Waals surface area contributed by atoms with Gasteiger partial charge in [-0.05, 0) is 42.0 Å². The van der Waals surface area contributed by atoms with Crippen LogP contribution >= 0.6 is 0 Å². The fraction of sp³-hybridized carbons (Fsp3) is 0.0741. The van der Waals surface area contributed by atoms with Crippen LogP contribution in [0.5, 0.6) is 0 Å². The summed E-state index contributed by atoms with van der Waals surface area (Å²) in [4.78, 5) is 26.1. The molecule has 0 atom stereocenters. The average Bonchev–Trinajstić information content (AvgIpc) is 3.63. The summed E-state index contributed by atoms with van der Waals surface area (Å²) in [6.07, 6.45) is 6.82. The molecule has 3 aromatic heterocycles. The zero-order valence-electron chi connectivity index (χ0n) is 19.1. The maximum absolute atomic E-state index is 12.6. The monoisotopic (exact) mass is 475 g/mol. The third kappa shape index (κ3) is 4.42. The summed E-state index contributed by atoms with van der Waals surface area (Å²) in [5.41, 5.74) is 6.76. The number of aromatic nitrogens is 5.